The van der Waals surface area contributed by atoms with Gasteiger partial charge in [0.05, 0.1) is 0 Å². The zero-order chi connectivity index (χ0) is 11.4. The van der Waals surface area contributed by atoms with Crippen molar-refractivity contribution in [2.45, 2.75) is 44.4 Å². The van der Waals surface area contributed by atoms with E-state index < -0.39 is 0 Å². The molecule has 88 valence electrons. The van der Waals surface area contributed by atoms with E-state index in [2.05, 4.69) is 18.2 Å². The summed E-state index contributed by atoms with van der Waals surface area (Å²) in [5.41, 5.74) is 2.60. The second-order valence-corrected chi connectivity index (χ2v) is 5.41. The summed E-state index contributed by atoms with van der Waals surface area (Å²) in [6.07, 6.45) is 7.60. The molecule has 2 heteroatoms. The molecular formula is C14H18Cl2. The Hall–Kier alpha value is -0.200. The van der Waals surface area contributed by atoms with Gasteiger partial charge in [-0.05, 0) is 42.4 Å². The number of rotatable bonds is 3. The van der Waals surface area contributed by atoms with Gasteiger partial charge in [-0.2, -0.15) is 0 Å². The topological polar surface area (TPSA) is 0 Å². The molecule has 0 heterocycles. The van der Waals surface area contributed by atoms with E-state index in [1.807, 2.05) is 0 Å². The number of benzene rings is 1. The molecule has 1 fully saturated rings. The third kappa shape index (κ3) is 2.93. The lowest BCUT2D eigenvalue weighted by atomic mass is 9.84. The van der Waals surface area contributed by atoms with Crippen LogP contribution < -0.4 is 0 Å². The largest absolute Gasteiger partial charge is 0.126 e. The number of halogens is 2. The summed E-state index contributed by atoms with van der Waals surface area (Å²) in [6.45, 7) is 0. The molecule has 0 N–H and O–H groups in total. The summed E-state index contributed by atoms with van der Waals surface area (Å²) < 4.78 is 0. The molecule has 0 bridgehead atoms. The van der Waals surface area contributed by atoms with Gasteiger partial charge in [0.2, 0.25) is 0 Å². The smallest absolute Gasteiger partial charge is 0.0443 e. The monoisotopic (exact) mass is 256 g/mol. The highest BCUT2D eigenvalue weighted by atomic mass is 35.5. The van der Waals surface area contributed by atoms with Crippen LogP contribution in [0.3, 0.4) is 0 Å². The fourth-order valence-electron chi connectivity index (χ4n) is 2.58. The molecule has 0 unspecified atom stereocenters. The first kappa shape index (κ1) is 12.3. The summed E-state index contributed by atoms with van der Waals surface area (Å²) in [5, 5.41) is 0.939. The molecule has 0 nitrogen and oxygen atoms in total. The van der Waals surface area contributed by atoms with Gasteiger partial charge in [0.25, 0.3) is 0 Å². The van der Waals surface area contributed by atoms with Crippen molar-refractivity contribution in [3.63, 3.8) is 0 Å². The summed E-state index contributed by atoms with van der Waals surface area (Å²) in [5.74, 6) is 1.35. The Morgan fingerprint density at radius 2 is 1.88 bits per heavy atom. The lowest BCUT2D eigenvalue weighted by Crippen LogP contribution is -2.05. The normalized spacial score (nSPS) is 17.6. The molecule has 16 heavy (non-hydrogen) atoms. The van der Waals surface area contributed by atoms with E-state index in [4.69, 9.17) is 23.2 Å². The first-order valence-corrected chi connectivity index (χ1v) is 7.07. The highest BCUT2D eigenvalue weighted by molar-refractivity contribution is 6.31. The zero-order valence-corrected chi connectivity index (χ0v) is 11.0. The van der Waals surface area contributed by atoms with Crippen LogP contribution in [0.5, 0.6) is 0 Å². The fraction of sp³-hybridized carbons (Fsp3) is 0.571. The van der Waals surface area contributed by atoms with Gasteiger partial charge in [-0.15, -0.1) is 11.6 Å². The van der Waals surface area contributed by atoms with Crippen LogP contribution in [0.4, 0.5) is 0 Å². The van der Waals surface area contributed by atoms with E-state index in [-0.39, 0.29) is 0 Å². The molecule has 0 atom stereocenters. The van der Waals surface area contributed by atoms with E-state index in [1.54, 1.807) is 0 Å². The van der Waals surface area contributed by atoms with Gasteiger partial charge in [-0.3, -0.25) is 0 Å². The van der Waals surface area contributed by atoms with E-state index in [0.717, 1.165) is 11.4 Å². The van der Waals surface area contributed by atoms with E-state index in [1.165, 1.54) is 43.2 Å². The van der Waals surface area contributed by atoms with Crippen LogP contribution in [0.15, 0.2) is 18.2 Å². The Bertz CT molecular complexity index is 341. The van der Waals surface area contributed by atoms with Gasteiger partial charge in [0, 0.05) is 10.9 Å². The van der Waals surface area contributed by atoms with Gasteiger partial charge in [0.1, 0.15) is 0 Å². The predicted octanol–water partition coefficient (Wildman–Crippen LogP) is 5.17. The van der Waals surface area contributed by atoms with Crippen LogP contribution in [0, 0.1) is 0 Å². The van der Waals surface area contributed by atoms with E-state index >= 15 is 0 Å². The predicted molar refractivity (Wildman–Crippen MR) is 71.7 cm³/mol. The molecule has 0 radical (unpaired) electrons. The highest BCUT2D eigenvalue weighted by Gasteiger charge is 2.17. The minimum Gasteiger partial charge on any atom is -0.126 e. The fourth-order valence-corrected chi connectivity index (χ4v) is 3.16. The molecule has 0 saturated heterocycles. The number of hydrogen-bond donors (Lipinski definition) is 0. The highest BCUT2D eigenvalue weighted by Crippen LogP contribution is 2.36. The Kier molecular flexibility index (Phi) is 4.55. The minimum absolute atomic E-state index is 0.666. The van der Waals surface area contributed by atoms with Gasteiger partial charge in [-0.1, -0.05) is 43.0 Å². The standard InChI is InChI=1S/C14H18Cl2/c15-9-8-11-6-7-13(14(16)10-11)12-4-2-1-3-5-12/h6-7,10,12H,1-5,8-9H2. The van der Waals surface area contributed by atoms with Crippen molar-refractivity contribution in [3.05, 3.63) is 34.3 Å². The maximum absolute atomic E-state index is 6.36. The van der Waals surface area contributed by atoms with Crippen LogP contribution >= 0.6 is 23.2 Å². The average Bonchev–Trinajstić information content (AvgIpc) is 2.31. The third-order valence-electron chi connectivity index (χ3n) is 3.49. The van der Waals surface area contributed by atoms with Crippen molar-refractivity contribution in [2.24, 2.45) is 0 Å². The molecule has 0 amide bonds. The number of alkyl halides is 1. The Morgan fingerprint density at radius 1 is 1.12 bits per heavy atom. The van der Waals surface area contributed by atoms with E-state index in [0.29, 0.717) is 11.8 Å². The zero-order valence-electron chi connectivity index (χ0n) is 9.52. The molecule has 1 aliphatic rings. The maximum atomic E-state index is 6.36. The molecule has 2 rings (SSSR count). The van der Waals surface area contributed by atoms with Crippen LogP contribution in [-0.4, -0.2) is 5.88 Å². The second-order valence-electron chi connectivity index (χ2n) is 4.63. The Morgan fingerprint density at radius 3 is 2.50 bits per heavy atom. The number of aryl methyl sites for hydroxylation is 1. The Balaban J connectivity index is 2.14. The molecule has 0 aliphatic heterocycles. The van der Waals surface area contributed by atoms with Crippen molar-refractivity contribution < 1.29 is 0 Å². The van der Waals surface area contributed by atoms with Gasteiger partial charge >= 0.3 is 0 Å². The molecule has 0 spiro atoms. The quantitative estimate of drug-likeness (QED) is 0.655. The first-order valence-electron chi connectivity index (χ1n) is 6.15. The molecule has 1 aromatic carbocycles. The van der Waals surface area contributed by atoms with Gasteiger partial charge < -0.3 is 0 Å². The minimum atomic E-state index is 0.666. The first-order chi connectivity index (χ1) is 7.81. The van der Waals surface area contributed by atoms with Gasteiger partial charge in [0.15, 0.2) is 0 Å². The van der Waals surface area contributed by atoms with Crippen LogP contribution in [0.1, 0.15) is 49.1 Å². The van der Waals surface area contributed by atoms with Crippen molar-refractivity contribution in [1.29, 1.82) is 0 Å². The Labute approximate surface area is 108 Å². The second kappa shape index (κ2) is 5.93. The lowest BCUT2D eigenvalue weighted by molar-refractivity contribution is 0.443. The van der Waals surface area contributed by atoms with Crippen LogP contribution in [0.25, 0.3) is 0 Å². The summed E-state index contributed by atoms with van der Waals surface area (Å²) in [6, 6.07) is 6.48. The lowest BCUT2D eigenvalue weighted by Gasteiger charge is -2.23. The average molecular weight is 257 g/mol. The van der Waals surface area contributed by atoms with Crippen molar-refractivity contribution in [1.82, 2.24) is 0 Å². The SMILES string of the molecule is ClCCc1ccc(C2CCCCC2)c(Cl)c1. The van der Waals surface area contributed by atoms with Crippen LogP contribution in [-0.2, 0) is 6.42 Å². The molecule has 0 aromatic heterocycles. The van der Waals surface area contributed by atoms with Crippen molar-refractivity contribution in [2.75, 3.05) is 5.88 Å². The summed E-state index contributed by atoms with van der Waals surface area (Å²) >= 11 is 12.1. The molecule has 1 aromatic rings. The van der Waals surface area contributed by atoms with Gasteiger partial charge in [-0.25, -0.2) is 0 Å². The van der Waals surface area contributed by atoms with Crippen molar-refractivity contribution >= 4 is 23.2 Å². The third-order valence-corrected chi connectivity index (χ3v) is 4.01. The summed E-state index contributed by atoms with van der Waals surface area (Å²) in [4.78, 5) is 0. The van der Waals surface area contributed by atoms with E-state index in [9.17, 15) is 0 Å². The molecular weight excluding hydrogens is 239 g/mol. The van der Waals surface area contributed by atoms with Crippen LogP contribution in [0.2, 0.25) is 5.02 Å². The van der Waals surface area contributed by atoms with Crippen molar-refractivity contribution in [3.8, 4) is 0 Å². The number of hydrogen-bond acceptors (Lipinski definition) is 0. The molecule has 1 saturated carbocycles. The molecule has 1 aliphatic carbocycles. The maximum Gasteiger partial charge on any atom is 0.0443 e. The summed E-state index contributed by atoms with van der Waals surface area (Å²) in [7, 11) is 0.